The van der Waals surface area contributed by atoms with Crippen molar-refractivity contribution in [3.8, 4) is 33.5 Å². The van der Waals surface area contributed by atoms with E-state index in [1.165, 1.54) is 49.2 Å². The summed E-state index contributed by atoms with van der Waals surface area (Å²) in [7, 11) is 0. The average Bonchev–Trinajstić information content (AvgIpc) is 3.11. The Bertz CT molecular complexity index is 2330. The van der Waals surface area contributed by atoms with E-state index < -0.39 is 0 Å². The van der Waals surface area contributed by atoms with Crippen LogP contribution in [0.4, 0.5) is 0 Å². The summed E-state index contributed by atoms with van der Waals surface area (Å²) in [6.07, 6.45) is 12.5. The van der Waals surface area contributed by atoms with E-state index in [9.17, 15) is 0 Å². The first-order chi connectivity index (χ1) is 21.8. The van der Waals surface area contributed by atoms with E-state index in [2.05, 4.69) is 133 Å². The predicted molar refractivity (Wildman–Crippen MR) is 184 cm³/mol. The molecule has 9 rings (SSSR count). The van der Waals surface area contributed by atoms with Gasteiger partial charge in [0.25, 0.3) is 0 Å². The maximum Gasteiger partial charge on any atom is 0.102 e. The summed E-state index contributed by atoms with van der Waals surface area (Å²) in [4.78, 5) is 14.7. The summed E-state index contributed by atoms with van der Waals surface area (Å²) in [5.41, 5.74) is 10.1. The standard InChI is InChI=1S/C41H27N3/c1-2-11-33-27(7-1)18-21-36-38(33)35-12-3-4-13-37(35)44-39(36)31-9-5-8-30(25-31)26-14-16-28(17-15-26)32-22-24-43-41-34(32)20-19-29-10-6-23-42-40(29)41/h1-25,29,40H. The lowest BCUT2D eigenvalue weighted by molar-refractivity contribution is 0.594. The summed E-state index contributed by atoms with van der Waals surface area (Å²) in [6, 6.07) is 41.4. The van der Waals surface area contributed by atoms with Crippen LogP contribution in [0.15, 0.2) is 145 Å². The molecule has 2 aromatic heterocycles. The number of aliphatic imine (C=N–C) groups is 1. The van der Waals surface area contributed by atoms with Crippen molar-refractivity contribution in [3.05, 3.63) is 151 Å². The summed E-state index contributed by atoms with van der Waals surface area (Å²) in [5.74, 6) is 0.276. The number of benzene rings is 5. The zero-order chi connectivity index (χ0) is 29.0. The highest BCUT2D eigenvalue weighted by Gasteiger charge is 2.28. The van der Waals surface area contributed by atoms with E-state index in [1.54, 1.807) is 0 Å². The molecule has 206 valence electrons. The molecule has 2 aliphatic rings. The van der Waals surface area contributed by atoms with Crippen LogP contribution >= 0.6 is 0 Å². The Morgan fingerprint density at radius 1 is 0.591 bits per heavy atom. The Hall–Kier alpha value is -5.67. The van der Waals surface area contributed by atoms with E-state index in [0.29, 0.717) is 0 Å². The van der Waals surface area contributed by atoms with Gasteiger partial charge in [-0.25, -0.2) is 4.98 Å². The molecule has 5 aromatic carbocycles. The zero-order valence-corrected chi connectivity index (χ0v) is 23.9. The molecule has 44 heavy (non-hydrogen) atoms. The largest absolute Gasteiger partial charge is 0.282 e. The van der Waals surface area contributed by atoms with E-state index >= 15 is 0 Å². The SMILES string of the molecule is C1=CC2C=Cc3c(-c4ccc(-c5cccc(-c6nc7ccccc7c7c6ccc6ccccc67)c5)cc4)ccnc3C2N=C1. The fourth-order valence-corrected chi connectivity index (χ4v) is 6.94. The van der Waals surface area contributed by atoms with Crippen LogP contribution in [0.2, 0.25) is 0 Å². The van der Waals surface area contributed by atoms with E-state index in [-0.39, 0.29) is 12.0 Å². The second kappa shape index (κ2) is 9.96. The minimum Gasteiger partial charge on any atom is -0.282 e. The molecule has 7 aromatic rings. The van der Waals surface area contributed by atoms with Crippen molar-refractivity contribution in [3.63, 3.8) is 0 Å². The molecule has 2 atom stereocenters. The van der Waals surface area contributed by atoms with Gasteiger partial charge in [0.1, 0.15) is 6.04 Å². The Morgan fingerprint density at radius 2 is 1.41 bits per heavy atom. The van der Waals surface area contributed by atoms with Crippen LogP contribution in [0.1, 0.15) is 17.3 Å². The first kappa shape index (κ1) is 24.9. The predicted octanol–water partition coefficient (Wildman–Crippen LogP) is 10.3. The average molecular weight is 562 g/mol. The maximum absolute atomic E-state index is 5.21. The third-order valence-electron chi connectivity index (χ3n) is 9.07. The van der Waals surface area contributed by atoms with Crippen LogP contribution in [-0.2, 0) is 0 Å². The second-order valence-corrected chi connectivity index (χ2v) is 11.6. The van der Waals surface area contributed by atoms with Gasteiger partial charge >= 0.3 is 0 Å². The first-order valence-electron chi connectivity index (χ1n) is 15.1. The molecule has 0 N–H and O–H groups in total. The molecule has 0 amide bonds. The number of hydrogen-bond acceptors (Lipinski definition) is 3. The van der Waals surface area contributed by atoms with Crippen molar-refractivity contribution in [1.82, 2.24) is 9.97 Å². The van der Waals surface area contributed by atoms with Gasteiger partial charge in [-0.05, 0) is 57.3 Å². The summed E-state index contributed by atoms with van der Waals surface area (Å²) in [5, 5.41) is 6.11. The fourth-order valence-electron chi connectivity index (χ4n) is 6.94. The maximum atomic E-state index is 5.21. The minimum absolute atomic E-state index is 0.0553. The Morgan fingerprint density at radius 3 is 2.34 bits per heavy atom. The van der Waals surface area contributed by atoms with Crippen molar-refractivity contribution in [2.75, 3.05) is 0 Å². The van der Waals surface area contributed by atoms with Crippen molar-refractivity contribution in [1.29, 1.82) is 0 Å². The number of dihydropyridines is 1. The summed E-state index contributed by atoms with van der Waals surface area (Å²) < 4.78 is 0. The number of para-hydroxylation sites is 1. The van der Waals surface area contributed by atoms with Gasteiger partial charge in [-0.2, -0.15) is 0 Å². The summed E-state index contributed by atoms with van der Waals surface area (Å²) in [6.45, 7) is 0. The highest BCUT2D eigenvalue weighted by Crippen LogP contribution is 2.41. The topological polar surface area (TPSA) is 38.1 Å². The molecule has 0 saturated heterocycles. The fraction of sp³-hybridized carbons (Fsp3) is 0.0488. The van der Waals surface area contributed by atoms with Crippen LogP contribution in [0.3, 0.4) is 0 Å². The normalized spacial score (nSPS) is 16.8. The molecule has 0 fully saturated rings. The lowest BCUT2D eigenvalue weighted by Crippen LogP contribution is -2.16. The van der Waals surface area contributed by atoms with Crippen molar-refractivity contribution >= 4 is 44.7 Å². The van der Waals surface area contributed by atoms with Crippen LogP contribution in [-0.4, -0.2) is 16.2 Å². The molecule has 1 aliphatic heterocycles. The lowest BCUT2D eigenvalue weighted by Gasteiger charge is -2.26. The quantitative estimate of drug-likeness (QED) is 0.201. The van der Waals surface area contributed by atoms with E-state index in [0.717, 1.165) is 28.0 Å². The monoisotopic (exact) mass is 561 g/mol. The molecular weight excluding hydrogens is 534 g/mol. The molecule has 0 saturated carbocycles. The lowest BCUT2D eigenvalue weighted by atomic mass is 9.84. The highest BCUT2D eigenvalue weighted by atomic mass is 14.9. The molecule has 2 unspecified atom stereocenters. The minimum atomic E-state index is 0.0553. The van der Waals surface area contributed by atoms with Gasteiger partial charge in [-0.3, -0.25) is 9.98 Å². The molecule has 3 heteroatoms. The Balaban J connectivity index is 1.13. The van der Waals surface area contributed by atoms with Crippen molar-refractivity contribution in [2.45, 2.75) is 6.04 Å². The third-order valence-corrected chi connectivity index (χ3v) is 9.07. The molecule has 0 spiro atoms. The van der Waals surface area contributed by atoms with Crippen LogP contribution in [0.25, 0.3) is 72.0 Å². The van der Waals surface area contributed by atoms with Gasteiger partial charge in [0.05, 0.1) is 16.9 Å². The highest BCUT2D eigenvalue weighted by molar-refractivity contribution is 6.22. The van der Waals surface area contributed by atoms with Gasteiger partial charge in [0, 0.05) is 45.6 Å². The van der Waals surface area contributed by atoms with Crippen LogP contribution in [0, 0.1) is 5.92 Å². The van der Waals surface area contributed by atoms with Gasteiger partial charge in [-0.1, -0.05) is 115 Å². The smallest absolute Gasteiger partial charge is 0.102 e. The number of allylic oxidation sites excluding steroid dienone is 1. The van der Waals surface area contributed by atoms with Crippen molar-refractivity contribution < 1.29 is 0 Å². The van der Waals surface area contributed by atoms with Crippen LogP contribution < -0.4 is 0 Å². The Labute approximate surface area is 255 Å². The molecular formula is C41H27N3. The van der Waals surface area contributed by atoms with Gasteiger partial charge in [0.15, 0.2) is 0 Å². The number of pyridine rings is 2. The molecule has 1 aliphatic carbocycles. The number of nitrogens with zero attached hydrogens (tertiary/aromatic N) is 3. The molecule has 3 heterocycles. The van der Waals surface area contributed by atoms with E-state index in [1.807, 2.05) is 18.5 Å². The Kier molecular flexibility index (Phi) is 5.63. The first-order valence-corrected chi connectivity index (χ1v) is 15.1. The number of rotatable bonds is 3. The molecule has 3 nitrogen and oxygen atoms in total. The number of hydrogen-bond donors (Lipinski definition) is 0. The number of fused-ring (bicyclic) bond motifs is 8. The van der Waals surface area contributed by atoms with Crippen molar-refractivity contribution in [2.24, 2.45) is 10.9 Å². The van der Waals surface area contributed by atoms with Gasteiger partial charge in [-0.15, -0.1) is 0 Å². The molecule has 0 bridgehead atoms. The van der Waals surface area contributed by atoms with Crippen LogP contribution in [0.5, 0.6) is 0 Å². The van der Waals surface area contributed by atoms with Gasteiger partial charge in [0.2, 0.25) is 0 Å². The molecule has 0 radical (unpaired) electrons. The zero-order valence-electron chi connectivity index (χ0n) is 23.9. The number of aromatic nitrogens is 2. The third kappa shape index (κ3) is 3.94. The second-order valence-electron chi connectivity index (χ2n) is 11.6. The van der Waals surface area contributed by atoms with Gasteiger partial charge < -0.3 is 0 Å². The summed E-state index contributed by atoms with van der Waals surface area (Å²) >= 11 is 0. The van der Waals surface area contributed by atoms with E-state index in [4.69, 9.17) is 15.0 Å².